The molecule has 2 rings (SSSR count). The van der Waals surface area contributed by atoms with Gasteiger partial charge in [0.1, 0.15) is 6.33 Å². The molecule has 0 aromatic carbocycles. The van der Waals surface area contributed by atoms with E-state index in [1.165, 1.54) is 0 Å². The molecule has 2 atom stereocenters. The van der Waals surface area contributed by atoms with Gasteiger partial charge in [0.05, 0.1) is 12.6 Å². The molecule has 1 aromatic heterocycles. The van der Waals surface area contributed by atoms with Crippen LogP contribution in [0.5, 0.6) is 0 Å². The summed E-state index contributed by atoms with van der Waals surface area (Å²) in [7, 11) is 1.67. The Bertz CT molecular complexity index is 449. The van der Waals surface area contributed by atoms with Gasteiger partial charge in [0, 0.05) is 26.2 Å². The largest absolute Gasteiger partial charge is 0.393 e. The van der Waals surface area contributed by atoms with Crippen LogP contribution in [0.1, 0.15) is 37.9 Å². The van der Waals surface area contributed by atoms with Crippen molar-refractivity contribution in [1.82, 2.24) is 20.1 Å². The van der Waals surface area contributed by atoms with Gasteiger partial charge in [0.15, 0.2) is 5.82 Å². The molecule has 7 nitrogen and oxygen atoms in total. The van der Waals surface area contributed by atoms with Gasteiger partial charge in [0.2, 0.25) is 5.91 Å². The van der Waals surface area contributed by atoms with Crippen LogP contribution in [0.15, 0.2) is 6.33 Å². The standard InChI is InChI=1S/C14H24N4O3/c1-21-7-3-6-18-10-16-17-13(18)9-15-14(20)11-4-2-5-12(19)8-11/h10-12,19H,2-9H2,1H3,(H,15,20)/t11-,12+/m0/s1. The quantitative estimate of drug-likeness (QED) is 0.714. The molecular formula is C14H24N4O3. The molecular weight excluding hydrogens is 272 g/mol. The Balaban J connectivity index is 1.79. The number of nitrogens with zero attached hydrogens (tertiary/aromatic N) is 3. The van der Waals surface area contributed by atoms with Crippen LogP contribution in [0.3, 0.4) is 0 Å². The number of amides is 1. The van der Waals surface area contributed by atoms with Crippen LogP contribution in [-0.2, 0) is 22.6 Å². The summed E-state index contributed by atoms with van der Waals surface area (Å²) in [6.07, 6.45) is 5.33. The molecule has 1 aliphatic carbocycles. The summed E-state index contributed by atoms with van der Waals surface area (Å²) in [5.74, 6) is 0.662. The molecule has 1 aliphatic rings. The van der Waals surface area contributed by atoms with E-state index in [-0.39, 0.29) is 17.9 Å². The second-order valence-electron chi connectivity index (χ2n) is 5.52. The van der Waals surface area contributed by atoms with Crippen molar-refractivity contribution in [2.75, 3.05) is 13.7 Å². The van der Waals surface area contributed by atoms with Gasteiger partial charge < -0.3 is 19.7 Å². The number of aliphatic hydroxyl groups is 1. The average molecular weight is 296 g/mol. The number of hydrogen-bond donors (Lipinski definition) is 2. The van der Waals surface area contributed by atoms with E-state index in [0.717, 1.165) is 38.1 Å². The number of aliphatic hydroxyl groups excluding tert-OH is 1. The van der Waals surface area contributed by atoms with Crippen LogP contribution in [-0.4, -0.2) is 45.6 Å². The summed E-state index contributed by atoms with van der Waals surface area (Å²) in [5.41, 5.74) is 0. The minimum atomic E-state index is -0.341. The fourth-order valence-electron chi connectivity index (χ4n) is 2.69. The summed E-state index contributed by atoms with van der Waals surface area (Å²) >= 11 is 0. The maximum absolute atomic E-state index is 12.1. The van der Waals surface area contributed by atoms with Crippen molar-refractivity contribution in [3.63, 3.8) is 0 Å². The Morgan fingerprint density at radius 2 is 2.43 bits per heavy atom. The first-order chi connectivity index (χ1) is 10.2. The van der Waals surface area contributed by atoms with Gasteiger partial charge in [-0.2, -0.15) is 0 Å². The zero-order valence-electron chi connectivity index (χ0n) is 12.5. The van der Waals surface area contributed by atoms with E-state index in [2.05, 4.69) is 15.5 Å². The Labute approximate surface area is 124 Å². The number of aryl methyl sites for hydroxylation is 1. The lowest BCUT2D eigenvalue weighted by Gasteiger charge is -2.24. The minimum absolute atomic E-state index is 0.000177. The van der Waals surface area contributed by atoms with E-state index in [1.807, 2.05) is 4.57 Å². The Kier molecular flexibility index (Phi) is 6.13. The maximum Gasteiger partial charge on any atom is 0.223 e. The zero-order chi connectivity index (χ0) is 15.1. The molecule has 1 fully saturated rings. The number of carbonyl (C=O) groups excluding carboxylic acids is 1. The summed E-state index contributed by atoms with van der Waals surface area (Å²) < 4.78 is 6.95. The molecule has 21 heavy (non-hydrogen) atoms. The third kappa shape index (κ3) is 4.78. The third-order valence-electron chi connectivity index (χ3n) is 3.88. The summed E-state index contributed by atoms with van der Waals surface area (Å²) in [6.45, 7) is 1.83. The van der Waals surface area contributed by atoms with E-state index in [9.17, 15) is 9.90 Å². The number of ether oxygens (including phenoxy) is 1. The van der Waals surface area contributed by atoms with Gasteiger partial charge in [-0.05, 0) is 25.7 Å². The number of hydrogen-bond acceptors (Lipinski definition) is 5. The van der Waals surface area contributed by atoms with Crippen LogP contribution in [0.4, 0.5) is 0 Å². The van der Waals surface area contributed by atoms with Crippen LogP contribution in [0.25, 0.3) is 0 Å². The number of carbonyl (C=O) groups is 1. The van der Waals surface area contributed by atoms with Gasteiger partial charge >= 0.3 is 0 Å². The van der Waals surface area contributed by atoms with E-state index >= 15 is 0 Å². The molecule has 0 unspecified atom stereocenters. The van der Waals surface area contributed by atoms with Crippen LogP contribution in [0.2, 0.25) is 0 Å². The van der Waals surface area contributed by atoms with Crippen molar-refractivity contribution < 1.29 is 14.6 Å². The Hall–Kier alpha value is -1.47. The van der Waals surface area contributed by atoms with E-state index in [4.69, 9.17) is 4.74 Å². The summed E-state index contributed by atoms with van der Waals surface area (Å²) in [5, 5.41) is 20.4. The van der Waals surface area contributed by atoms with Crippen LogP contribution < -0.4 is 5.32 Å². The molecule has 0 radical (unpaired) electrons. The van der Waals surface area contributed by atoms with Crippen molar-refractivity contribution in [3.8, 4) is 0 Å². The SMILES string of the molecule is COCCCn1cnnc1CNC(=O)[C@H]1CCC[C@@H](O)C1. The molecule has 0 spiro atoms. The van der Waals surface area contributed by atoms with Crippen molar-refractivity contribution >= 4 is 5.91 Å². The van der Waals surface area contributed by atoms with Crippen LogP contribution >= 0.6 is 0 Å². The predicted octanol–water partition coefficient (Wildman–Crippen LogP) is 0.482. The van der Waals surface area contributed by atoms with Gasteiger partial charge in [-0.25, -0.2) is 0 Å². The lowest BCUT2D eigenvalue weighted by molar-refractivity contribution is -0.127. The highest BCUT2D eigenvalue weighted by atomic mass is 16.5. The van der Waals surface area contributed by atoms with Crippen molar-refractivity contribution in [1.29, 1.82) is 0 Å². The highest BCUT2D eigenvalue weighted by molar-refractivity contribution is 5.78. The third-order valence-corrected chi connectivity index (χ3v) is 3.88. The lowest BCUT2D eigenvalue weighted by atomic mass is 9.87. The molecule has 1 heterocycles. The molecule has 1 aromatic rings. The number of methoxy groups -OCH3 is 1. The highest BCUT2D eigenvalue weighted by Crippen LogP contribution is 2.24. The predicted molar refractivity (Wildman–Crippen MR) is 76.3 cm³/mol. The van der Waals surface area contributed by atoms with Crippen molar-refractivity contribution in [2.45, 2.75) is 51.3 Å². The Morgan fingerprint density at radius 1 is 1.57 bits per heavy atom. The minimum Gasteiger partial charge on any atom is -0.393 e. The van der Waals surface area contributed by atoms with Gasteiger partial charge in [0.25, 0.3) is 0 Å². The maximum atomic E-state index is 12.1. The molecule has 1 amide bonds. The molecule has 2 N–H and O–H groups in total. The second kappa shape index (κ2) is 8.09. The van der Waals surface area contributed by atoms with Crippen molar-refractivity contribution in [3.05, 3.63) is 12.2 Å². The van der Waals surface area contributed by atoms with Gasteiger partial charge in [-0.3, -0.25) is 4.79 Å². The number of aromatic nitrogens is 3. The van der Waals surface area contributed by atoms with E-state index < -0.39 is 0 Å². The fraction of sp³-hybridized carbons (Fsp3) is 0.786. The monoisotopic (exact) mass is 296 g/mol. The molecule has 1 saturated carbocycles. The number of nitrogens with one attached hydrogen (secondary N) is 1. The van der Waals surface area contributed by atoms with Crippen molar-refractivity contribution in [2.24, 2.45) is 5.92 Å². The first-order valence-corrected chi connectivity index (χ1v) is 7.52. The first-order valence-electron chi connectivity index (χ1n) is 7.52. The number of rotatable bonds is 7. The molecule has 0 bridgehead atoms. The average Bonchev–Trinajstić information content (AvgIpc) is 2.92. The van der Waals surface area contributed by atoms with Gasteiger partial charge in [-0.15, -0.1) is 10.2 Å². The Morgan fingerprint density at radius 3 is 3.19 bits per heavy atom. The zero-order valence-corrected chi connectivity index (χ0v) is 12.5. The first kappa shape index (κ1) is 15.9. The lowest BCUT2D eigenvalue weighted by Crippen LogP contribution is -2.35. The summed E-state index contributed by atoms with van der Waals surface area (Å²) in [6, 6.07) is 0. The van der Waals surface area contributed by atoms with E-state index in [1.54, 1.807) is 13.4 Å². The smallest absolute Gasteiger partial charge is 0.223 e. The molecule has 0 saturated heterocycles. The highest BCUT2D eigenvalue weighted by Gasteiger charge is 2.26. The molecule has 0 aliphatic heterocycles. The normalized spacial score (nSPS) is 22.2. The fourth-order valence-corrected chi connectivity index (χ4v) is 2.69. The topological polar surface area (TPSA) is 89.3 Å². The summed E-state index contributed by atoms with van der Waals surface area (Å²) in [4.78, 5) is 12.1. The van der Waals surface area contributed by atoms with Gasteiger partial charge in [-0.1, -0.05) is 6.42 Å². The van der Waals surface area contributed by atoms with Crippen LogP contribution in [0, 0.1) is 5.92 Å². The molecule has 118 valence electrons. The second-order valence-corrected chi connectivity index (χ2v) is 5.52. The van der Waals surface area contributed by atoms with E-state index in [0.29, 0.717) is 19.6 Å². The molecule has 7 heteroatoms.